The van der Waals surface area contributed by atoms with E-state index in [1.54, 1.807) is 18.3 Å². The fourth-order valence-corrected chi connectivity index (χ4v) is 1.95. The largest absolute Gasteiger partial charge is 0.354 e. The van der Waals surface area contributed by atoms with Gasteiger partial charge in [0.2, 0.25) is 5.95 Å². The topological polar surface area (TPSA) is 37.8 Å². The quantitative estimate of drug-likeness (QED) is 0.917. The van der Waals surface area contributed by atoms with Gasteiger partial charge in [-0.3, -0.25) is 0 Å². The minimum atomic E-state index is 0.582. The molecule has 0 amide bonds. The number of rotatable bonds is 3. The van der Waals surface area contributed by atoms with Crippen molar-refractivity contribution in [2.24, 2.45) is 0 Å². The Labute approximate surface area is 110 Å². The van der Waals surface area contributed by atoms with E-state index in [2.05, 4.69) is 15.3 Å². The van der Waals surface area contributed by atoms with Crippen LogP contribution in [-0.2, 0) is 0 Å². The molecule has 1 heterocycles. The molecule has 0 radical (unpaired) electrons. The Hall–Kier alpha value is -1.32. The van der Waals surface area contributed by atoms with Gasteiger partial charge in [0.05, 0.1) is 10.7 Å². The summed E-state index contributed by atoms with van der Waals surface area (Å²) in [6.45, 7) is 2.77. The van der Waals surface area contributed by atoms with Crippen molar-refractivity contribution in [3.8, 4) is 11.3 Å². The fourth-order valence-electron chi connectivity index (χ4n) is 1.45. The van der Waals surface area contributed by atoms with Gasteiger partial charge in [-0.2, -0.15) is 0 Å². The van der Waals surface area contributed by atoms with E-state index in [4.69, 9.17) is 23.2 Å². The molecule has 88 valence electrons. The van der Waals surface area contributed by atoms with Crippen molar-refractivity contribution in [2.75, 3.05) is 11.9 Å². The molecule has 0 saturated carbocycles. The lowest BCUT2D eigenvalue weighted by atomic mass is 10.1. The van der Waals surface area contributed by atoms with Gasteiger partial charge in [0.25, 0.3) is 0 Å². The van der Waals surface area contributed by atoms with E-state index in [1.165, 1.54) is 0 Å². The summed E-state index contributed by atoms with van der Waals surface area (Å²) in [6, 6.07) is 7.16. The molecule has 0 aliphatic rings. The predicted octanol–water partition coefficient (Wildman–Crippen LogP) is 3.88. The first-order chi connectivity index (χ1) is 8.20. The Bertz CT molecular complexity index is 529. The number of hydrogen-bond donors (Lipinski definition) is 1. The number of anilines is 1. The van der Waals surface area contributed by atoms with Crippen LogP contribution in [0.25, 0.3) is 11.3 Å². The number of hydrogen-bond acceptors (Lipinski definition) is 3. The highest BCUT2D eigenvalue weighted by atomic mass is 35.5. The fraction of sp³-hybridized carbons (Fsp3) is 0.167. The van der Waals surface area contributed by atoms with Crippen molar-refractivity contribution >= 4 is 29.2 Å². The van der Waals surface area contributed by atoms with Gasteiger partial charge in [0.1, 0.15) is 0 Å². The molecule has 1 aromatic carbocycles. The van der Waals surface area contributed by atoms with Crippen LogP contribution in [0.3, 0.4) is 0 Å². The molecule has 0 fully saturated rings. The normalized spacial score (nSPS) is 10.3. The van der Waals surface area contributed by atoms with Crippen LogP contribution in [0.1, 0.15) is 6.92 Å². The number of benzene rings is 1. The Morgan fingerprint density at radius 2 is 2.06 bits per heavy atom. The van der Waals surface area contributed by atoms with Gasteiger partial charge < -0.3 is 5.32 Å². The van der Waals surface area contributed by atoms with Crippen LogP contribution in [0, 0.1) is 0 Å². The average molecular weight is 268 g/mol. The van der Waals surface area contributed by atoms with Crippen molar-refractivity contribution in [2.45, 2.75) is 6.92 Å². The summed E-state index contributed by atoms with van der Waals surface area (Å²) in [5, 5.41) is 4.25. The smallest absolute Gasteiger partial charge is 0.223 e. The maximum Gasteiger partial charge on any atom is 0.223 e. The summed E-state index contributed by atoms with van der Waals surface area (Å²) in [5.74, 6) is 0.594. The van der Waals surface area contributed by atoms with Crippen LogP contribution in [0.5, 0.6) is 0 Å². The van der Waals surface area contributed by atoms with E-state index >= 15 is 0 Å². The van der Waals surface area contributed by atoms with Gasteiger partial charge in [-0.15, -0.1) is 0 Å². The molecule has 2 aromatic rings. The van der Waals surface area contributed by atoms with Crippen LogP contribution < -0.4 is 5.32 Å². The maximum absolute atomic E-state index is 6.13. The second-order valence-electron chi connectivity index (χ2n) is 3.42. The average Bonchev–Trinajstić information content (AvgIpc) is 2.29. The van der Waals surface area contributed by atoms with Gasteiger partial charge in [-0.25, -0.2) is 9.97 Å². The molecule has 0 bridgehead atoms. The molecule has 0 saturated heterocycles. The number of halogens is 2. The molecule has 1 N–H and O–H groups in total. The highest BCUT2D eigenvalue weighted by Crippen LogP contribution is 2.29. The first-order valence-electron chi connectivity index (χ1n) is 5.23. The van der Waals surface area contributed by atoms with Gasteiger partial charge in [0, 0.05) is 23.3 Å². The monoisotopic (exact) mass is 267 g/mol. The highest BCUT2D eigenvalue weighted by molar-refractivity contribution is 6.36. The van der Waals surface area contributed by atoms with Gasteiger partial charge >= 0.3 is 0 Å². The lowest BCUT2D eigenvalue weighted by Gasteiger charge is -2.06. The van der Waals surface area contributed by atoms with E-state index in [9.17, 15) is 0 Å². The van der Waals surface area contributed by atoms with Crippen LogP contribution in [-0.4, -0.2) is 16.5 Å². The van der Waals surface area contributed by atoms with Gasteiger partial charge in [-0.1, -0.05) is 23.2 Å². The van der Waals surface area contributed by atoms with Crippen molar-refractivity contribution < 1.29 is 0 Å². The Kier molecular flexibility index (Phi) is 3.82. The number of nitrogens with one attached hydrogen (secondary N) is 1. The van der Waals surface area contributed by atoms with E-state index in [-0.39, 0.29) is 0 Å². The first kappa shape index (κ1) is 12.1. The Balaban J connectivity index is 2.42. The Morgan fingerprint density at radius 3 is 2.76 bits per heavy atom. The van der Waals surface area contributed by atoms with Crippen LogP contribution in [0.15, 0.2) is 30.5 Å². The third-order valence-electron chi connectivity index (χ3n) is 2.20. The van der Waals surface area contributed by atoms with Crippen molar-refractivity contribution in [3.63, 3.8) is 0 Å². The van der Waals surface area contributed by atoms with Crippen molar-refractivity contribution in [1.29, 1.82) is 0 Å². The molecule has 1 aromatic heterocycles. The number of nitrogens with zero attached hydrogens (tertiary/aromatic N) is 2. The molecule has 5 heteroatoms. The van der Waals surface area contributed by atoms with Crippen molar-refractivity contribution in [1.82, 2.24) is 9.97 Å². The third kappa shape index (κ3) is 2.87. The number of aromatic nitrogens is 2. The Morgan fingerprint density at radius 1 is 1.24 bits per heavy atom. The van der Waals surface area contributed by atoms with E-state index in [1.807, 2.05) is 19.1 Å². The summed E-state index contributed by atoms with van der Waals surface area (Å²) in [6.07, 6.45) is 1.70. The van der Waals surface area contributed by atoms with E-state index < -0.39 is 0 Å². The van der Waals surface area contributed by atoms with Crippen LogP contribution >= 0.6 is 23.2 Å². The summed E-state index contributed by atoms with van der Waals surface area (Å²) < 4.78 is 0. The molecule has 0 unspecified atom stereocenters. The zero-order valence-corrected chi connectivity index (χ0v) is 10.8. The molecular weight excluding hydrogens is 257 g/mol. The predicted molar refractivity (Wildman–Crippen MR) is 71.7 cm³/mol. The molecule has 0 spiro atoms. The lowest BCUT2D eigenvalue weighted by molar-refractivity contribution is 1.09. The standard InChI is InChI=1S/C12H11Cl2N3/c1-2-15-12-16-6-5-11(17-12)9-4-3-8(13)7-10(9)14/h3-7H,2H2,1H3,(H,15,16,17). The summed E-state index contributed by atoms with van der Waals surface area (Å²) in [7, 11) is 0. The lowest BCUT2D eigenvalue weighted by Crippen LogP contribution is -2.02. The first-order valence-corrected chi connectivity index (χ1v) is 5.98. The molecule has 2 rings (SSSR count). The summed E-state index contributed by atoms with van der Waals surface area (Å²) in [5.41, 5.74) is 1.62. The third-order valence-corrected chi connectivity index (χ3v) is 2.75. The van der Waals surface area contributed by atoms with E-state index in [0.29, 0.717) is 16.0 Å². The zero-order valence-electron chi connectivity index (χ0n) is 9.24. The second-order valence-corrected chi connectivity index (χ2v) is 4.26. The molecular formula is C12H11Cl2N3. The molecule has 3 nitrogen and oxygen atoms in total. The zero-order chi connectivity index (χ0) is 12.3. The molecule has 0 atom stereocenters. The molecule has 0 aliphatic carbocycles. The highest BCUT2D eigenvalue weighted by Gasteiger charge is 2.06. The minimum absolute atomic E-state index is 0.582. The van der Waals surface area contributed by atoms with Crippen LogP contribution in [0.4, 0.5) is 5.95 Å². The molecule has 0 aliphatic heterocycles. The van der Waals surface area contributed by atoms with Gasteiger partial charge in [-0.05, 0) is 31.2 Å². The summed E-state index contributed by atoms with van der Waals surface area (Å²) in [4.78, 5) is 8.48. The van der Waals surface area contributed by atoms with E-state index in [0.717, 1.165) is 17.8 Å². The molecule has 17 heavy (non-hydrogen) atoms. The van der Waals surface area contributed by atoms with Crippen molar-refractivity contribution in [3.05, 3.63) is 40.5 Å². The maximum atomic E-state index is 6.13. The minimum Gasteiger partial charge on any atom is -0.354 e. The second kappa shape index (κ2) is 5.34. The van der Waals surface area contributed by atoms with Gasteiger partial charge in [0.15, 0.2) is 0 Å². The van der Waals surface area contributed by atoms with Crippen LogP contribution in [0.2, 0.25) is 10.0 Å². The summed E-state index contributed by atoms with van der Waals surface area (Å²) >= 11 is 12.0. The SMILES string of the molecule is CCNc1nccc(-c2ccc(Cl)cc2Cl)n1.